The molecule has 44 heavy (non-hydrogen) atoms. The van der Waals surface area contributed by atoms with Crippen molar-refractivity contribution in [2.24, 2.45) is 29.1 Å². The van der Waals surface area contributed by atoms with Gasteiger partial charge in [-0.05, 0) is 60.6 Å². The smallest absolute Gasteiger partial charge is 0.496 e. The fourth-order valence-corrected chi connectivity index (χ4v) is 7.94. The molecule has 8 nitrogen and oxygen atoms in total. The number of halogens is 3. The zero-order chi connectivity index (χ0) is 32.0. The molecule has 1 amide bonds. The van der Waals surface area contributed by atoms with Gasteiger partial charge in [0.25, 0.3) is 0 Å². The van der Waals surface area contributed by atoms with Crippen LogP contribution in [0.5, 0.6) is 11.5 Å². The molecule has 3 N–H and O–H groups in total. The Hall–Kier alpha value is -2.86. The SMILES string of the molecule is COc1c(CN2O[C@@H](CO)[C@H]([C@H](C)O)[C@H]2CC(=O)N[C@H]2C[C@H]3C[C@@H]([C@@H]2C)C3(C)C)cccc1-c1cccc(OC(F)(F)F)c1. The first-order valence-electron chi connectivity index (χ1n) is 15.3. The van der Waals surface area contributed by atoms with Crippen molar-refractivity contribution in [3.8, 4) is 22.6 Å². The number of methoxy groups -OCH3 is 1. The van der Waals surface area contributed by atoms with Crippen LogP contribution in [0.25, 0.3) is 11.1 Å². The Bertz CT molecular complexity index is 1330. The van der Waals surface area contributed by atoms with Crippen LogP contribution in [0.2, 0.25) is 0 Å². The number of rotatable bonds is 10. The molecule has 4 aliphatic rings. The van der Waals surface area contributed by atoms with E-state index < -0.39 is 30.5 Å². The molecule has 3 aliphatic carbocycles. The zero-order valence-corrected chi connectivity index (χ0v) is 25.8. The number of benzene rings is 2. The van der Waals surface area contributed by atoms with E-state index in [0.717, 1.165) is 6.42 Å². The standard InChI is InChI=1S/C33H43F3N2O6/c1-18-25-13-22(32(25,3)4)14-26(18)37-29(41)15-27-30(19(2)40)28(17-39)44-38(27)16-21-9-7-11-24(31(21)42-5)20-8-6-10-23(12-20)43-33(34,35)36/h6-12,18-19,22,25-28,30,39-40H,13-17H2,1-5H3,(H,37,41)/t18-,19-,22+,25-,26-,27+,28-,30+/m0/s1. The van der Waals surface area contributed by atoms with Crippen LogP contribution in [-0.4, -0.2) is 65.6 Å². The number of nitrogens with zero attached hydrogens (tertiary/aromatic N) is 1. The summed E-state index contributed by atoms with van der Waals surface area (Å²) in [5, 5.41) is 25.7. The number of aliphatic hydroxyl groups is 2. The Morgan fingerprint density at radius 2 is 1.93 bits per heavy atom. The number of amides is 1. The Labute approximate surface area is 256 Å². The molecule has 2 aromatic carbocycles. The van der Waals surface area contributed by atoms with Crippen LogP contribution in [0.15, 0.2) is 42.5 Å². The first-order valence-corrected chi connectivity index (χ1v) is 15.3. The molecule has 0 spiro atoms. The minimum atomic E-state index is -4.82. The van der Waals surface area contributed by atoms with Crippen molar-refractivity contribution in [3.63, 3.8) is 0 Å². The summed E-state index contributed by atoms with van der Waals surface area (Å²) in [5.41, 5.74) is 1.96. The average Bonchev–Trinajstić information content (AvgIpc) is 3.29. The molecule has 8 atom stereocenters. The lowest BCUT2D eigenvalue weighted by Gasteiger charge is -2.62. The van der Waals surface area contributed by atoms with Gasteiger partial charge in [-0.25, -0.2) is 0 Å². The van der Waals surface area contributed by atoms with Gasteiger partial charge in [0.15, 0.2) is 0 Å². The van der Waals surface area contributed by atoms with E-state index in [1.165, 1.54) is 31.7 Å². The fourth-order valence-electron chi connectivity index (χ4n) is 7.94. The van der Waals surface area contributed by atoms with Crippen molar-refractivity contribution < 1.29 is 42.5 Å². The van der Waals surface area contributed by atoms with Crippen molar-refractivity contribution in [1.82, 2.24) is 10.4 Å². The van der Waals surface area contributed by atoms with Crippen molar-refractivity contribution in [1.29, 1.82) is 0 Å². The minimum Gasteiger partial charge on any atom is -0.496 e. The van der Waals surface area contributed by atoms with Gasteiger partial charge in [-0.2, -0.15) is 5.06 Å². The van der Waals surface area contributed by atoms with E-state index in [0.29, 0.717) is 45.6 Å². The Kier molecular flexibility index (Phi) is 9.24. The summed E-state index contributed by atoms with van der Waals surface area (Å²) >= 11 is 0. The van der Waals surface area contributed by atoms with Gasteiger partial charge in [-0.3, -0.25) is 9.63 Å². The minimum absolute atomic E-state index is 0.0623. The van der Waals surface area contributed by atoms with E-state index in [2.05, 4.69) is 30.8 Å². The predicted molar refractivity (Wildman–Crippen MR) is 157 cm³/mol. The predicted octanol–water partition coefficient (Wildman–Crippen LogP) is 5.31. The van der Waals surface area contributed by atoms with E-state index in [4.69, 9.17) is 9.57 Å². The number of nitrogens with one attached hydrogen (secondary N) is 1. The molecule has 2 bridgehead atoms. The summed E-state index contributed by atoms with van der Waals surface area (Å²) in [7, 11) is 1.47. The molecule has 1 saturated heterocycles. The lowest BCUT2D eigenvalue weighted by atomic mass is 9.45. The van der Waals surface area contributed by atoms with Gasteiger partial charge in [-0.15, -0.1) is 13.2 Å². The Morgan fingerprint density at radius 3 is 2.55 bits per heavy atom. The first-order chi connectivity index (χ1) is 20.7. The summed E-state index contributed by atoms with van der Waals surface area (Å²) in [6.07, 6.45) is -4.20. The first kappa shape index (κ1) is 32.5. The lowest BCUT2D eigenvalue weighted by molar-refractivity contribution is -0.274. The van der Waals surface area contributed by atoms with Gasteiger partial charge >= 0.3 is 6.36 Å². The van der Waals surface area contributed by atoms with Crippen LogP contribution >= 0.6 is 0 Å². The zero-order valence-electron chi connectivity index (χ0n) is 25.8. The van der Waals surface area contributed by atoms with Crippen LogP contribution in [-0.2, 0) is 16.2 Å². The van der Waals surface area contributed by atoms with Crippen molar-refractivity contribution in [3.05, 3.63) is 48.0 Å². The quantitative estimate of drug-likeness (QED) is 0.331. The average molecular weight is 621 g/mol. The third kappa shape index (κ3) is 6.42. The van der Waals surface area contributed by atoms with Crippen molar-refractivity contribution in [2.45, 2.75) is 84.2 Å². The second-order valence-electron chi connectivity index (χ2n) is 13.2. The van der Waals surface area contributed by atoms with Crippen LogP contribution in [0.4, 0.5) is 13.2 Å². The second-order valence-corrected chi connectivity index (χ2v) is 13.2. The fraction of sp³-hybridized carbons (Fsp3) is 0.606. The highest BCUT2D eigenvalue weighted by molar-refractivity contribution is 5.77. The largest absolute Gasteiger partial charge is 0.573 e. The van der Waals surface area contributed by atoms with Crippen LogP contribution in [0.3, 0.4) is 0 Å². The summed E-state index contributed by atoms with van der Waals surface area (Å²) in [6, 6.07) is 10.5. The number of carbonyl (C=O) groups is 1. The number of para-hydroxylation sites is 1. The number of fused-ring (bicyclic) bond motifs is 2. The molecule has 1 heterocycles. The Balaban J connectivity index is 1.37. The van der Waals surface area contributed by atoms with E-state index in [9.17, 15) is 28.2 Å². The molecule has 0 unspecified atom stereocenters. The van der Waals surface area contributed by atoms with Crippen LogP contribution in [0.1, 0.15) is 52.5 Å². The maximum absolute atomic E-state index is 13.5. The van der Waals surface area contributed by atoms with Crippen molar-refractivity contribution in [2.75, 3.05) is 13.7 Å². The summed E-state index contributed by atoms with van der Waals surface area (Å²) in [4.78, 5) is 19.6. The van der Waals surface area contributed by atoms with Gasteiger partial charge in [-0.1, -0.05) is 51.1 Å². The molecular weight excluding hydrogens is 577 g/mol. The monoisotopic (exact) mass is 620 g/mol. The topological polar surface area (TPSA) is 100 Å². The third-order valence-corrected chi connectivity index (χ3v) is 10.4. The number of carbonyl (C=O) groups excluding carboxylic acids is 1. The molecular formula is C33H43F3N2O6. The van der Waals surface area contributed by atoms with Gasteiger partial charge < -0.3 is 25.0 Å². The van der Waals surface area contributed by atoms with E-state index in [1.54, 1.807) is 36.3 Å². The second kappa shape index (κ2) is 12.5. The van der Waals surface area contributed by atoms with Crippen LogP contribution in [0, 0.1) is 29.1 Å². The van der Waals surface area contributed by atoms with Crippen LogP contribution < -0.4 is 14.8 Å². The third-order valence-electron chi connectivity index (χ3n) is 10.4. The molecule has 3 saturated carbocycles. The van der Waals surface area contributed by atoms with Gasteiger partial charge in [0.2, 0.25) is 5.91 Å². The molecule has 1 aliphatic heterocycles. The van der Waals surface area contributed by atoms with Gasteiger partial charge in [0.1, 0.15) is 17.6 Å². The summed E-state index contributed by atoms with van der Waals surface area (Å²) in [6.45, 7) is 8.26. The molecule has 0 radical (unpaired) electrons. The number of hydroxylamine groups is 2. The van der Waals surface area contributed by atoms with Crippen molar-refractivity contribution >= 4 is 5.91 Å². The molecule has 4 fully saturated rings. The highest BCUT2D eigenvalue weighted by atomic mass is 19.4. The van der Waals surface area contributed by atoms with Gasteiger partial charge in [0.05, 0.1) is 32.4 Å². The molecule has 2 aromatic rings. The van der Waals surface area contributed by atoms with Gasteiger partial charge in [0, 0.05) is 29.5 Å². The summed E-state index contributed by atoms with van der Waals surface area (Å²) < 4.78 is 48.4. The number of alkyl halides is 3. The molecule has 6 rings (SSSR count). The molecule has 242 valence electrons. The number of aliphatic hydroxyl groups excluding tert-OH is 2. The molecule has 0 aromatic heterocycles. The highest BCUT2D eigenvalue weighted by Gasteiger charge is 2.56. The van der Waals surface area contributed by atoms with E-state index >= 15 is 0 Å². The number of ether oxygens (including phenoxy) is 2. The van der Waals surface area contributed by atoms with E-state index in [-0.39, 0.29) is 37.3 Å². The van der Waals surface area contributed by atoms with E-state index in [1.807, 2.05) is 0 Å². The normalized spacial score (nSPS) is 30.4. The lowest BCUT2D eigenvalue weighted by Crippen LogP contribution is -2.61. The number of hydrogen-bond acceptors (Lipinski definition) is 7. The maximum Gasteiger partial charge on any atom is 0.573 e. The Morgan fingerprint density at radius 1 is 1.20 bits per heavy atom. The maximum atomic E-state index is 13.5. The summed E-state index contributed by atoms with van der Waals surface area (Å²) in [5.74, 6) is 0.919. The highest BCUT2D eigenvalue weighted by Crippen LogP contribution is 2.61. The number of hydrogen-bond donors (Lipinski definition) is 3. The molecule has 11 heteroatoms.